The first-order chi connectivity index (χ1) is 10.8. The van der Waals surface area contributed by atoms with Crippen LogP contribution in [0.25, 0.3) is 11.0 Å². The van der Waals surface area contributed by atoms with Crippen LogP contribution < -0.4 is 5.48 Å². The number of hydrogen-bond acceptors (Lipinski definition) is 4. The first kappa shape index (κ1) is 13.3. The average Bonchev–Trinajstić information content (AvgIpc) is 3.18. The maximum absolute atomic E-state index is 12.0. The van der Waals surface area contributed by atoms with Gasteiger partial charge in [-0.3, -0.25) is 10.0 Å². The minimum Gasteiger partial charge on any atom is -0.356 e. The number of para-hydroxylation sites is 1. The van der Waals surface area contributed by atoms with Gasteiger partial charge >= 0.3 is 0 Å². The second-order valence-electron chi connectivity index (χ2n) is 5.88. The van der Waals surface area contributed by atoms with Crippen molar-refractivity contribution in [3.8, 4) is 0 Å². The second kappa shape index (κ2) is 5.10. The van der Waals surface area contributed by atoms with Gasteiger partial charge in [-0.2, -0.15) is 0 Å². The van der Waals surface area contributed by atoms with Crippen molar-refractivity contribution in [2.75, 3.05) is 0 Å². The van der Waals surface area contributed by atoms with Crippen LogP contribution in [0.15, 0.2) is 53.1 Å². The van der Waals surface area contributed by atoms with Crippen LogP contribution in [0.3, 0.4) is 0 Å². The quantitative estimate of drug-likeness (QED) is 0.674. The number of amides is 1. The summed E-state index contributed by atoms with van der Waals surface area (Å²) < 4.78 is 5.37. The van der Waals surface area contributed by atoms with Gasteiger partial charge in [-0.1, -0.05) is 41.6 Å². The number of hydrogen-bond donors (Lipinski definition) is 2. The number of hydroxylamine groups is 1. The monoisotopic (exact) mass is 296 g/mol. The Hall–Kier alpha value is -2.40. The van der Waals surface area contributed by atoms with Crippen molar-refractivity contribution in [2.45, 2.75) is 12.3 Å². The predicted octanol–water partition coefficient (Wildman–Crippen LogP) is 2.80. The molecule has 2 aromatic rings. The molecule has 2 aliphatic rings. The summed E-state index contributed by atoms with van der Waals surface area (Å²) in [4.78, 5) is 12.0. The number of aromatic nitrogens is 1. The Labute approximate surface area is 127 Å². The van der Waals surface area contributed by atoms with E-state index in [9.17, 15) is 4.79 Å². The first-order valence-corrected chi connectivity index (χ1v) is 7.43. The normalized spacial score (nSPS) is 29.7. The molecule has 1 amide bonds. The molecule has 1 fully saturated rings. The summed E-state index contributed by atoms with van der Waals surface area (Å²) in [5, 5.41) is 14.2. The van der Waals surface area contributed by atoms with Crippen molar-refractivity contribution >= 4 is 16.9 Å². The maximum Gasteiger partial charge on any atom is 0.247 e. The molecule has 112 valence electrons. The zero-order valence-corrected chi connectivity index (χ0v) is 11.8. The van der Waals surface area contributed by atoms with Crippen molar-refractivity contribution in [1.82, 2.24) is 10.6 Å². The number of nitrogens with zero attached hydrogens (tertiary/aromatic N) is 1. The summed E-state index contributed by atoms with van der Waals surface area (Å²) in [6.45, 7) is 0. The van der Waals surface area contributed by atoms with E-state index in [2.05, 4.69) is 17.3 Å². The fraction of sp³-hybridized carbons (Fsp3) is 0.294. The van der Waals surface area contributed by atoms with E-state index in [0.717, 1.165) is 23.1 Å². The molecule has 1 saturated carbocycles. The highest BCUT2D eigenvalue weighted by Gasteiger charge is 2.59. The summed E-state index contributed by atoms with van der Waals surface area (Å²) in [7, 11) is 0. The molecule has 1 aromatic carbocycles. The maximum atomic E-state index is 12.0. The molecule has 5 nitrogen and oxygen atoms in total. The topological polar surface area (TPSA) is 75.4 Å². The van der Waals surface area contributed by atoms with E-state index in [0.29, 0.717) is 0 Å². The van der Waals surface area contributed by atoms with Gasteiger partial charge in [-0.05, 0) is 30.4 Å². The fourth-order valence-electron chi connectivity index (χ4n) is 3.66. The van der Waals surface area contributed by atoms with Crippen LogP contribution in [-0.2, 0) is 4.79 Å². The van der Waals surface area contributed by atoms with Gasteiger partial charge in [0.15, 0.2) is 5.58 Å². The third-order valence-electron chi connectivity index (χ3n) is 4.72. The highest BCUT2D eigenvalue weighted by Crippen LogP contribution is 2.60. The van der Waals surface area contributed by atoms with E-state index in [-0.39, 0.29) is 29.6 Å². The molecular weight excluding hydrogens is 280 g/mol. The van der Waals surface area contributed by atoms with Gasteiger partial charge in [0.2, 0.25) is 5.91 Å². The van der Waals surface area contributed by atoms with Crippen molar-refractivity contribution in [1.29, 1.82) is 0 Å². The first-order valence-electron chi connectivity index (χ1n) is 7.43. The van der Waals surface area contributed by atoms with Gasteiger partial charge in [-0.15, -0.1) is 0 Å². The third kappa shape index (κ3) is 1.97. The molecule has 2 aliphatic carbocycles. The van der Waals surface area contributed by atoms with Crippen LogP contribution in [0.1, 0.15) is 18.0 Å². The number of fused-ring (bicyclic) bond motifs is 1. The molecule has 0 aliphatic heterocycles. The van der Waals surface area contributed by atoms with E-state index >= 15 is 0 Å². The van der Waals surface area contributed by atoms with Crippen molar-refractivity contribution in [3.05, 3.63) is 54.3 Å². The van der Waals surface area contributed by atoms with E-state index in [1.807, 2.05) is 36.4 Å². The van der Waals surface area contributed by atoms with E-state index in [4.69, 9.17) is 9.73 Å². The van der Waals surface area contributed by atoms with Gasteiger partial charge in [-0.25, -0.2) is 5.48 Å². The minimum atomic E-state index is -0.343. The molecule has 1 aromatic heterocycles. The fourth-order valence-corrected chi connectivity index (χ4v) is 3.66. The summed E-state index contributed by atoms with van der Waals surface area (Å²) in [6.07, 6.45) is 9.17. The lowest BCUT2D eigenvalue weighted by Gasteiger charge is -2.12. The largest absolute Gasteiger partial charge is 0.356 e. The molecule has 4 rings (SSSR count). The zero-order valence-electron chi connectivity index (χ0n) is 11.8. The van der Waals surface area contributed by atoms with Crippen LogP contribution >= 0.6 is 0 Å². The summed E-state index contributed by atoms with van der Waals surface area (Å²) >= 11 is 0. The molecule has 1 unspecified atom stereocenters. The van der Waals surface area contributed by atoms with E-state index in [1.165, 1.54) is 0 Å². The Morgan fingerprint density at radius 3 is 2.95 bits per heavy atom. The highest BCUT2D eigenvalue weighted by atomic mass is 16.5. The number of benzene rings is 1. The molecule has 4 atom stereocenters. The van der Waals surface area contributed by atoms with Crippen LogP contribution in [0.5, 0.6) is 0 Å². The Balaban J connectivity index is 1.71. The van der Waals surface area contributed by atoms with E-state index < -0.39 is 0 Å². The molecule has 0 spiro atoms. The van der Waals surface area contributed by atoms with Gasteiger partial charge in [0.1, 0.15) is 0 Å². The number of rotatable bonds is 3. The second-order valence-corrected chi connectivity index (χ2v) is 5.88. The Kier molecular flexibility index (Phi) is 3.08. The lowest BCUT2D eigenvalue weighted by Crippen LogP contribution is -2.22. The van der Waals surface area contributed by atoms with Crippen molar-refractivity contribution < 1.29 is 14.5 Å². The molecule has 5 heteroatoms. The Morgan fingerprint density at radius 2 is 2.18 bits per heavy atom. The van der Waals surface area contributed by atoms with E-state index in [1.54, 1.807) is 5.48 Å². The molecule has 0 radical (unpaired) electrons. The van der Waals surface area contributed by atoms with Crippen molar-refractivity contribution in [2.24, 2.45) is 17.8 Å². The molecule has 2 N–H and O–H groups in total. The van der Waals surface area contributed by atoms with Gasteiger partial charge in [0.25, 0.3) is 0 Å². The predicted molar refractivity (Wildman–Crippen MR) is 80.0 cm³/mol. The minimum absolute atomic E-state index is 0.0167. The summed E-state index contributed by atoms with van der Waals surface area (Å²) in [6, 6.07) is 7.66. The smallest absolute Gasteiger partial charge is 0.247 e. The lowest BCUT2D eigenvalue weighted by atomic mass is 9.93. The van der Waals surface area contributed by atoms with Crippen LogP contribution in [-0.4, -0.2) is 16.3 Å². The Morgan fingerprint density at radius 1 is 1.32 bits per heavy atom. The highest BCUT2D eigenvalue weighted by molar-refractivity contribution is 5.86. The van der Waals surface area contributed by atoms with Gasteiger partial charge in [0.05, 0.1) is 11.6 Å². The molecule has 0 saturated heterocycles. The summed E-state index contributed by atoms with van der Waals surface area (Å²) in [5.41, 5.74) is 3.34. The molecule has 1 heterocycles. The summed E-state index contributed by atoms with van der Waals surface area (Å²) in [5.74, 6) is -0.198. The van der Waals surface area contributed by atoms with Crippen LogP contribution in [0, 0.1) is 17.8 Å². The van der Waals surface area contributed by atoms with Gasteiger partial charge < -0.3 is 4.52 Å². The molecule has 0 bridgehead atoms. The van der Waals surface area contributed by atoms with Crippen molar-refractivity contribution in [3.63, 3.8) is 0 Å². The molecular formula is C17H16N2O3. The SMILES string of the molecule is O=C(NO)[C@H]1[C@H](c2noc3ccccc23)[C@H]1C1C=CC=CC1. The lowest BCUT2D eigenvalue weighted by molar-refractivity contribution is -0.131. The molecule has 22 heavy (non-hydrogen) atoms. The van der Waals surface area contributed by atoms with Crippen LogP contribution in [0.2, 0.25) is 0 Å². The number of carbonyl (C=O) groups is 1. The Bertz CT molecular complexity index is 777. The zero-order chi connectivity index (χ0) is 15.1. The van der Waals surface area contributed by atoms with Gasteiger partial charge in [0, 0.05) is 11.3 Å². The standard InChI is InChI=1S/C17H16N2O3/c20-17(18-21)15-13(10-6-2-1-3-7-10)14(15)16-11-8-4-5-9-12(11)22-19-16/h1-6,8-10,13-15,21H,7H2,(H,18,20)/t10?,13-,14-,15-/m1/s1. The van der Waals surface area contributed by atoms with Crippen LogP contribution in [0.4, 0.5) is 0 Å². The number of nitrogens with one attached hydrogen (secondary N) is 1. The number of allylic oxidation sites excluding steroid dienone is 4. The third-order valence-corrected chi connectivity index (χ3v) is 4.72. The average molecular weight is 296 g/mol. The number of carbonyl (C=O) groups excluding carboxylic acids is 1.